The third-order valence-electron chi connectivity index (χ3n) is 5.67. The molecule has 0 unspecified atom stereocenters. The third kappa shape index (κ3) is 5.40. The predicted octanol–water partition coefficient (Wildman–Crippen LogP) is 3.82. The van der Waals surface area contributed by atoms with E-state index in [4.69, 9.17) is 4.74 Å². The van der Waals surface area contributed by atoms with Gasteiger partial charge < -0.3 is 14.5 Å². The second kappa shape index (κ2) is 10.1. The van der Waals surface area contributed by atoms with Crippen LogP contribution in [0.4, 0.5) is 5.82 Å². The van der Waals surface area contributed by atoms with Gasteiger partial charge in [0, 0.05) is 38.2 Å². The number of hydrogen-bond donors (Lipinski definition) is 0. The molecule has 1 fully saturated rings. The molecule has 0 bridgehead atoms. The molecule has 1 amide bonds. The Hall–Kier alpha value is -3.41. The number of aryl methyl sites for hydroxylation is 1. The number of rotatable bonds is 7. The van der Waals surface area contributed by atoms with Gasteiger partial charge in [-0.05, 0) is 42.7 Å². The number of nitrogens with zero attached hydrogens (tertiary/aromatic N) is 4. The zero-order valence-electron chi connectivity index (χ0n) is 17.9. The van der Waals surface area contributed by atoms with E-state index in [0.29, 0.717) is 6.42 Å². The standard InChI is InChI=1S/C25H28N4O2/c1-31-22-11-6-10-21(19-22)23-13-14-24(27-26-23)28-15-17-29(18-16-28)25(30)12-5-9-20-7-3-2-4-8-20/h2-4,6-8,10-11,13-14,19H,5,9,12,15-18H2,1H3. The van der Waals surface area contributed by atoms with Crippen molar-refractivity contribution in [3.05, 3.63) is 72.3 Å². The van der Waals surface area contributed by atoms with Crippen LogP contribution < -0.4 is 9.64 Å². The summed E-state index contributed by atoms with van der Waals surface area (Å²) >= 11 is 0. The molecule has 0 radical (unpaired) electrons. The van der Waals surface area contributed by atoms with E-state index in [1.165, 1.54) is 5.56 Å². The van der Waals surface area contributed by atoms with Crippen molar-refractivity contribution in [2.24, 2.45) is 0 Å². The lowest BCUT2D eigenvalue weighted by Crippen LogP contribution is -2.49. The fourth-order valence-electron chi connectivity index (χ4n) is 3.86. The van der Waals surface area contributed by atoms with E-state index in [-0.39, 0.29) is 5.91 Å². The van der Waals surface area contributed by atoms with Crippen LogP contribution in [0.1, 0.15) is 18.4 Å². The lowest BCUT2D eigenvalue weighted by molar-refractivity contribution is -0.131. The molecule has 2 aromatic carbocycles. The molecule has 0 atom stereocenters. The highest BCUT2D eigenvalue weighted by atomic mass is 16.5. The molecule has 1 aliphatic rings. The van der Waals surface area contributed by atoms with Crippen molar-refractivity contribution < 1.29 is 9.53 Å². The number of carbonyl (C=O) groups excluding carboxylic acids is 1. The Morgan fingerprint density at radius 1 is 0.935 bits per heavy atom. The number of anilines is 1. The van der Waals surface area contributed by atoms with E-state index in [9.17, 15) is 4.79 Å². The molecule has 160 valence electrons. The van der Waals surface area contributed by atoms with Crippen LogP contribution in [0.2, 0.25) is 0 Å². The molecule has 31 heavy (non-hydrogen) atoms. The first-order valence-electron chi connectivity index (χ1n) is 10.8. The summed E-state index contributed by atoms with van der Waals surface area (Å²) in [7, 11) is 1.65. The highest BCUT2D eigenvalue weighted by Gasteiger charge is 2.21. The number of carbonyl (C=O) groups is 1. The van der Waals surface area contributed by atoms with Gasteiger partial charge in [0.1, 0.15) is 5.75 Å². The second-order valence-electron chi connectivity index (χ2n) is 7.72. The molecule has 6 nitrogen and oxygen atoms in total. The van der Waals surface area contributed by atoms with Gasteiger partial charge in [-0.15, -0.1) is 10.2 Å². The first-order valence-corrected chi connectivity index (χ1v) is 10.8. The molecule has 0 aliphatic carbocycles. The van der Waals surface area contributed by atoms with Crippen molar-refractivity contribution in [3.8, 4) is 17.0 Å². The van der Waals surface area contributed by atoms with Crippen LogP contribution in [0.15, 0.2) is 66.7 Å². The van der Waals surface area contributed by atoms with Crippen LogP contribution in [-0.2, 0) is 11.2 Å². The molecular weight excluding hydrogens is 388 g/mol. The van der Waals surface area contributed by atoms with Crippen LogP contribution >= 0.6 is 0 Å². The van der Waals surface area contributed by atoms with Crippen molar-refractivity contribution in [1.29, 1.82) is 0 Å². The van der Waals surface area contributed by atoms with Crippen LogP contribution in [0, 0.1) is 0 Å². The van der Waals surface area contributed by atoms with Crippen molar-refractivity contribution in [2.45, 2.75) is 19.3 Å². The van der Waals surface area contributed by atoms with Crippen molar-refractivity contribution in [2.75, 3.05) is 38.2 Å². The summed E-state index contributed by atoms with van der Waals surface area (Å²) in [5, 5.41) is 8.81. The number of benzene rings is 2. The van der Waals surface area contributed by atoms with Gasteiger partial charge in [0.05, 0.1) is 12.8 Å². The van der Waals surface area contributed by atoms with Crippen LogP contribution in [0.25, 0.3) is 11.3 Å². The van der Waals surface area contributed by atoms with Gasteiger partial charge in [-0.2, -0.15) is 0 Å². The molecule has 0 spiro atoms. The van der Waals surface area contributed by atoms with Crippen molar-refractivity contribution in [1.82, 2.24) is 15.1 Å². The Balaban J connectivity index is 1.26. The molecule has 3 aromatic rings. The monoisotopic (exact) mass is 416 g/mol. The zero-order chi connectivity index (χ0) is 21.5. The average molecular weight is 417 g/mol. The number of hydrogen-bond acceptors (Lipinski definition) is 5. The van der Waals surface area contributed by atoms with E-state index in [1.54, 1.807) is 7.11 Å². The molecule has 1 aromatic heterocycles. The van der Waals surface area contributed by atoms with Gasteiger partial charge in [0.2, 0.25) is 5.91 Å². The normalized spacial score (nSPS) is 13.8. The third-order valence-corrected chi connectivity index (χ3v) is 5.67. The Labute approximate surface area is 183 Å². The Morgan fingerprint density at radius 2 is 1.74 bits per heavy atom. The average Bonchev–Trinajstić information content (AvgIpc) is 2.85. The Bertz CT molecular complexity index is 984. The maximum absolute atomic E-state index is 12.6. The van der Waals surface area contributed by atoms with Gasteiger partial charge in [0.25, 0.3) is 0 Å². The molecule has 6 heteroatoms. The fraction of sp³-hybridized carbons (Fsp3) is 0.320. The summed E-state index contributed by atoms with van der Waals surface area (Å²) < 4.78 is 5.28. The number of methoxy groups -OCH3 is 1. The largest absolute Gasteiger partial charge is 0.497 e. The molecule has 0 N–H and O–H groups in total. The zero-order valence-corrected chi connectivity index (χ0v) is 17.9. The SMILES string of the molecule is COc1cccc(-c2ccc(N3CCN(C(=O)CCCc4ccccc4)CC3)nn2)c1. The molecular formula is C25H28N4O2. The van der Waals surface area contributed by atoms with E-state index in [0.717, 1.165) is 61.8 Å². The highest BCUT2D eigenvalue weighted by Crippen LogP contribution is 2.23. The smallest absolute Gasteiger partial charge is 0.222 e. The topological polar surface area (TPSA) is 58.6 Å². The van der Waals surface area contributed by atoms with Crippen molar-refractivity contribution >= 4 is 11.7 Å². The molecule has 0 saturated carbocycles. The molecule has 4 rings (SSSR count). The van der Waals surface area contributed by atoms with E-state index >= 15 is 0 Å². The number of aromatic nitrogens is 2. The molecule has 1 aliphatic heterocycles. The van der Waals surface area contributed by atoms with Crippen LogP contribution in [0.3, 0.4) is 0 Å². The van der Waals surface area contributed by atoms with E-state index < -0.39 is 0 Å². The molecule has 1 saturated heterocycles. The van der Waals surface area contributed by atoms with Gasteiger partial charge in [0.15, 0.2) is 5.82 Å². The Morgan fingerprint density at radius 3 is 2.45 bits per heavy atom. The maximum atomic E-state index is 12.6. The summed E-state index contributed by atoms with van der Waals surface area (Å²) in [5.74, 6) is 1.89. The summed E-state index contributed by atoms with van der Waals surface area (Å²) in [5.41, 5.74) is 3.08. The predicted molar refractivity (Wildman–Crippen MR) is 122 cm³/mol. The number of piperazine rings is 1. The van der Waals surface area contributed by atoms with Gasteiger partial charge in [-0.1, -0.05) is 42.5 Å². The summed E-state index contributed by atoms with van der Waals surface area (Å²) in [4.78, 5) is 16.7. The summed E-state index contributed by atoms with van der Waals surface area (Å²) in [6.45, 7) is 3.00. The second-order valence-corrected chi connectivity index (χ2v) is 7.72. The molecule has 2 heterocycles. The number of amides is 1. The maximum Gasteiger partial charge on any atom is 0.222 e. The number of ether oxygens (including phenoxy) is 1. The van der Waals surface area contributed by atoms with Crippen LogP contribution in [-0.4, -0.2) is 54.3 Å². The minimum absolute atomic E-state index is 0.245. The van der Waals surface area contributed by atoms with Gasteiger partial charge in [-0.25, -0.2) is 0 Å². The first-order chi connectivity index (χ1) is 15.2. The summed E-state index contributed by atoms with van der Waals surface area (Å²) in [6, 6.07) is 22.1. The van der Waals surface area contributed by atoms with E-state index in [2.05, 4.69) is 27.2 Å². The highest BCUT2D eigenvalue weighted by molar-refractivity contribution is 5.76. The minimum atomic E-state index is 0.245. The van der Waals surface area contributed by atoms with Gasteiger partial charge >= 0.3 is 0 Å². The quantitative estimate of drug-likeness (QED) is 0.586. The first kappa shape index (κ1) is 20.8. The Kier molecular flexibility index (Phi) is 6.77. The lowest BCUT2D eigenvalue weighted by Gasteiger charge is -2.35. The lowest BCUT2D eigenvalue weighted by atomic mass is 10.1. The van der Waals surface area contributed by atoms with Gasteiger partial charge in [-0.3, -0.25) is 4.79 Å². The van der Waals surface area contributed by atoms with E-state index in [1.807, 2.05) is 59.5 Å². The minimum Gasteiger partial charge on any atom is -0.497 e. The van der Waals surface area contributed by atoms with Crippen LogP contribution in [0.5, 0.6) is 5.75 Å². The fourth-order valence-corrected chi connectivity index (χ4v) is 3.86. The van der Waals surface area contributed by atoms with Crippen molar-refractivity contribution in [3.63, 3.8) is 0 Å². The summed E-state index contributed by atoms with van der Waals surface area (Å²) in [6.07, 6.45) is 2.44.